The summed E-state index contributed by atoms with van der Waals surface area (Å²) in [6.45, 7) is 0.675. The van der Waals surface area contributed by atoms with Crippen LogP contribution in [0.25, 0.3) is 0 Å². The average molecular weight is 354 g/mol. The summed E-state index contributed by atoms with van der Waals surface area (Å²) in [6, 6.07) is 11.2. The molecule has 19 heavy (non-hydrogen) atoms. The summed E-state index contributed by atoms with van der Waals surface area (Å²) >= 11 is 7.19. The smallest absolute Gasteiger partial charge is 0.0701 e. The largest absolute Gasteiger partial charge is 0.329 e. The minimum absolute atomic E-state index is 0.357. The van der Waals surface area contributed by atoms with Gasteiger partial charge < -0.3 is 5.73 Å². The molecule has 1 aromatic carbocycles. The van der Waals surface area contributed by atoms with Gasteiger partial charge in [-0.2, -0.15) is 0 Å². The van der Waals surface area contributed by atoms with E-state index in [1.165, 1.54) is 43.9 Å². The Morgan fingerprint density at radius 3 is 2.79 bits per heavy atom. The summed E-state index contributed by atoms with van der Waals surface area (Å²) in [4.78, 5) is 2.69. The van der Waals surface area contributed by atoms with Crippen LogP contribution in [0, 0.1) is 0 Å². The Labute approximate surface area is 130 Å². The van der Waals surface area contributed by atoms with Gasteiger partial charge >= 0.3 is 0 Å². The second kappa shape index (κ2) is 6.00. The van der Waals surface area contributed by atoms with E-state index in [9.17, 15) is 0 Å². The Kier molecular flexibility index (Phi) is 4.32. The van der Waals surface area contributed by atoms with Crippen molar-refractivity contribution in [2.24, 2.45) is 5.73 Å². The Bertz CT molecular complexity index is 579. The minimum Gasteiger partial charge on any atom is -0.329 e. The van der Waals surface area contributed by atoms with Gasteiger partial charge in [0.15, 0.2) is 0 Å². The third-order valence-electron chi connectivity index (χ3n) is 3.47. The van der Waals surface area contributed by atoms with Gasteiger partial charge in [-0.25, -0.2) is 0 Å². The molecular weight excluding hydrogens is 338 g/mol. The monoisotopic (exact) mass is 353 g/mol. The van der Waals surface area contributed by atoms with E-state index in [2.05, 4.69) is 46.3 Å². The average Bonchev–Trinajstić information content (AvgIpc) is 3.04. The van der Waals surface area contributed by atoms with Gasteiger partial charge in [-0.05, 0) is 70.6 Å². The zero-order valence-electron chi connectivity index (χ0n) is 10.6. The van der Waals surface area contributed by atoms with E-state index in [0.29, 0.717) is 11.8 Å². The number of hydrogen-bond donors (Lipinski definition) is 1. The molecule has 1 aromatic heterocycles. The van der Waals surface area contributed by atoms with Crippen molar-refractivity contribution in [3.05, 3.63) is 50.1 Å². The molecule has 3 rings (SSSR count). The van der Waals surface area contributed by atoms with E-state index in [-0.39, 0.29) is 0 Å². The molecule has 4 heteroatoms. The number of nitrogens with two attached hydrogens (primary N) is 1. The lowest BCUT2D eigenvalue weighted by atomic mass is 10.1. The molecule has 1 unspecified atom stereocenters. The molecule has 0 amide bonds. The molecular formula is C15H16BrNS2. The van der Waals surface area contributed by atoms with Gasteiger partial charge in [-0.1, -0.05) is 6.07 Å². The molecule has 0 aliphatic heterocycles. The van der Waals surface area contributed by atoms with Crippen molar-refractivity contribution < 1.29 is 0 Å². The summed E-state index contributed by atoms with van der Waals surface area (Å²) in [5.41, 5.74) is 9.02. The lowest BCUT2D eigenvalue weighted by molar-refractivity contribution is 0.911. The molecule has 0 radical (unpaired) electrons. The fraction of sp³-hybridized carbons (Fsp3) is 0.333. The summed E-state index contributed by atoms with van der Waals surface area (Å²) in [5.74, 6) is 0. The topological polar surface area (TPSA) is 26.0 Å². The van der Waals surface area contributed by atoms with Crippen LogP contribution in [0.3, 0.4) is 0 Å². The highest BCUT2D eigenvalue weighted by molar-refractivity contribution is 9.11. The lowest BCUT2D eigenvalue weighted by Crippen LogP contribution is -2.07. The minimum atomic E-state index is 0.357. The quantitative estimate of drug-likeness (QED) is 0.799. The Morgan fingerprint density at radius 2 is 2.05 bits per heavy atom. The van der Waals surface area contributed by atoms with Crippen molar-refractivity contribution in [1.29, 1.82) is 0 Å². The fourth-order valence-electron chi connectivity index (χ4n) is 2.51. The molecule has 0 spiro atoms. The number of benzene rings is 1. The van der Waals surface area contributed by atoms with Crippen LogP contribution in [-0.4, -0.2) is 6.54 Å². The van der Waals surface area contributed by atoms with Crippen LogP contribution < -0.4 is 5.73 Å². The van der Waals surface area contributed by atoms with E-state index in [0.717, 1.165) is 0 Å². The number of thiophene rings is 1. The third kappa shape index (κ3) is 3.07. The summed E-state index contributed by atoms with van der Waals surface area (Å²) in [5, 5.41) is 0.357. The normalized spacial score (nSPS) is 15.5. The number of hydrogen-bond acceptors (Lipinski definition) is 3. The molecule has 0 fully saturated rings. The third-order valence-corrected chi connectivity index (χ3v) is 6.62. The molecule has 0 saturated heterocycles. The molecule has 1 aliphatic rings. The van der Waals surface area contributed by atoms with Crippen LogP contribution in [0.15, 0.2) is 39.0 Å². The Morgan fingerprint density at radius 1 is 1.21 bits per heavy atom. The number of halogens is 1. The first-order chi connectivity index (χ1) is 9.26. The summed E-state index contributed by atoms with van der Waals surface area (Å²) < 4.78 is 1.18. The van der Waals surface area contributed by atoms with Gasteiger partial charge in [0.2, 0.25) is 0 Å². The standard InChI is InChI=1S/C15H16BrNS2/c16-15-7-6-13(19-15)14(9-17)18-12-5-4-10-2-1-3-11(10)8-12/h4-8,14H,1-3,9,17H2. The highest BCUT2D eigenvalue weighted by Gasteiger charge is 2.16. The first kappa shape index (κ1) is 13.7. The van der Waals surface area contributed by atoms with Crippen LogP contribution in [0.4, 0.5) is 0 Å². The first-order valence-electron chi connectivity index (χ1n) is 6.50. The maximum atomic E-state index is 5.95. The molecule has 2 N–H and O–H groups in total. The SMILES string of the molecule is NCC(Sc1ccc2c(c1)CCC2)c1ccc(Br)s1. The molecule has 100 valence electrons. The predicted molar refractivity (Wildman–Crippen MR) is 88.1 cm³/mol. The molecule has 1 heterocycles. The van der Waals surface area contributed by atoms with Crippen molar-refractivity contribution in [3.8, 4) is 0 Å². The van der Waals surface area contributed by atoms with Gasteiger partial charge in [-0.15, -0.1) is 23.1 Å². The molecule has 1 nitrogen and oxygen atoms in total. The van der Waals surface area contributed by atoms with E-state index >= 15 is 0 Å². The second-order valence-electron chi connectivity index (χ2n) is 4.77. The highest BCUT2D eigenvalue weighted by atomic mass is 79.9. The predicted octanol–water partition coefficient (Wildman–Crippen LogP) is 4.79. The summed E-state index contributed by atoms with van der Waals surface area (Å²) in [6.07, 6.45) is 3.79. The maximum Gasteiger partial charge on any atom is 0.0701 e. The number of thioether (sulfide) groups is 1. The van der Waals surface area contributed by atoms with E-state index in [1.54, 1.807) is 11.3 Å². The zero-order valence-corrected chi connectivity index (χ0v) is 13.8. The van der Waals surface area contributed by atoms with Crippen molar-refractivity contribution in [2.45, 2.75) is 29.4 Å². The van der Waals surface area contributed by atoms with E-state index < -0.39 is 0 Å². The lowest BCUT2D eigenvalue weighted by Gasteiger charge is -2.13. The molecule has 1 atom stereocenters. The van der Waals surface area contributed by atoms with Gasteiger partial charge in [-0.3, -0.25) is 0 Å². The van der Waals surface area contributed by atoms with Crippen molar-refractivity contribution >= 4 is 39.0 Å². The number of rotatable bonds is 4. The number of aryl methyl sites for hydroxylation is 2. The fourth-order valence-corrected chi connectivity index (χ4v) is 5.19. The molecule has 1 aliphatic carbocycles. The number of fused-ring (bicyclic) bond motifs is 1. The van der Waals surface area contributed by atoms with Gasteiger partial charge in [0.25, 0.3) is 0 Å². The van der Waals surface area contributed by atoms with Crippen LogP contribution in [0.5, 0.6) is 0 Å². The second-order valence-corrected chi connectivity index (χ2v) is 8.54. The van der Waals surface area contributed by atoms with Gasteiger partial charge in [0.1, 0.15) is 0 Å². The van der Waals surface area contributed by atoms with Crippen molar-refractivity contribution in [2.75, 3.05) is 6.54 Å². The maximum absolute atomic E-state index is 5.95. The first-order valence-corrected chi connectivity index (χ1v) is 8.99. The Balaban J connectivity index is 1.79. The summed E-state index contributed by atoms with van der Waals surface area (Å²) in [7, 11) is 0. The highest BCUT2D eigenvalue weighted by Crippen LogP contribution is 2.40. The van der Waals surface area contributed by atoms with E-state index in [4.69, 9.17) is 5.73 Å². The zero-order chi connectivity index (χ0) is 13.2. The molecule has 0 bridgehead atoms. The van der Waals surface area contributed by atoms with Crippen molar-refractivity contribution in [1.82, 2.24) is 0 Å². The molecule has 2 aromatic rings. The van der Waals surface area contributed by atoms with Crippen LogP contribution >= 0.6 is 39.0 Å². The van der Waals surface area contributed by atoms with Gasteiger partial charge in [0, 0.05) is 16.3 Å². The molecule has 0 saturated carbocycles. The van der Waals surface area contributed by atoms with Crippen LogP contribution in [0.1, 0.15) is 27.7 Å². The van der Waals surface area contributed by atoms with E-state index in [1.807, 2.05) is 11.8 Å². The van der Waals surface area contributed by atoms with Gasteiger partial charge in [0.05, 0.1) is 9.04 Å². The van der Waals surface area contributed by atoms with Crippen LogP contribution in [-0.2, 0) is 12.8 Å². The van der Waals surface area contributed by atoms with Crippen LogP contribution in [0.2, 0.25) is 0 Å². The van der Waals surface area contributed by atoms with Crippen molar-refractivity contribution in [3.63, 3.8) is 0 Å². The Hall–Kier alpha value is -0.290.